The molecule has 0 saturated carbocycles. The lowest BCUT2D eigenvalue weighted by atomic mass is 10.1. The van der Waals surface area contributed by atoms with E-state index in [2.05, 4.69) is 0 Å². The van der Waals surface area contributed by atoms with Gasteiger partial charge in [-0.05, 0) is 43.7 Å². The highest BCUT2D eigenvalue weighted by atomic mass is 35.5. The Bertz CT molecular complexity index is 495. The maximum Gasteiger partial charge on any atom is 0.119 e. The number of hydrogen-bond acceptors (Lipinski definition) is 2. The minimum atomic E-state index is 0.246. The molecule has 0 radical (unpaired) electrons. The van der Waals surface area contributed by atoms with Gasteiger partial charge in [0.2, 0.25) is 0 Å². The average Bonchev–Trinajstić information content (AvgIpc) is 2.52. The van der Waals surface area contributed by atoms with Crippen molar-refractivity contribution >= 4 is 11.6 Å². The lowest BCUT2D eigenvalue weighted by Crippen LogP contribution is -1.86. The number of phenols is 1. The average molecular weight is 237 g/mol. The number of halogens is 1. The second-order valence-electron chi connectivity index (χ2n) is 3.90. The number of phenolic OH excluding ortho intramolecular Hbond substituents is 1. The lowest BCUT2D eigenvalue weighted by Gasteiger charge is -2.02. The van der Waals surface area contributed by atoms with Gasteiger partial charge in [0, 0.05) is 17.0 Å². The van der Waals surface area contributed by atoms with E-state index in [4.69, 9.17) is 16.0 Å². The highest BCUT2D eigenvalue weighted by molar-refractivity contribution is 6.30. The van der Waals surface area contributed by atoms with Crippen LogP contribution in [0.1, 0.15) is 22.6 Å². The number of hydrogen-bond donors (Lipinski definition) is 1. The van der Waals surface area contributed by atoms with Crippen molar-refractivity contribution in [2.45, 2.75) is 20.3 Å². The summed E-state index contributed by atoms with van der Waals surface area (Å²) in [5, 5.41) is 10.3. The van der Waals surface area contributed by atoms with Crippen LogP contribution in [0, 0.1) is 13.8 Å². The molecule has 1 aromatic heterocycles. The van der Waals surface area contributed by atoms with Crippen molar-refractivity contribution in [3.63, 3.8) is 0 Å². The number of rotatable bonds is 2. The molecular weight excluding hydrogens is 224 g/mol. The van der Waals surface area contributed by atoms with Crippen LogP contribution in [0.4, 0.5) is 0 Å². The highest BCUT2D eigenvalue weighted by Gasteiger charge is 2.08. The maximum absolute atomic E-state index is 9.67. The van der Waals surface area contributed by atoms with Gasteiger partial charge in [0.1, 0.15) is 17.3 Å². The third-order valence-corrected chi connectivity index (χ3v) is 2.86. The summed E-state index contributed by atoms with van der Waals surface area (Å²) in [6, 6.07) is 7.00. The highest BCUT2D eigenvalue weighted by Crippen LogP contribution is 2.25. The van der Waals surface area contributed by atoms with Crippen LogP contribution >= 0.6 is 11.6 Å². The molecule has 0 atom stereocenters. The van der Waals surface area contributed by atoms with E-state index in [0.29, 0.717) is 11.4 Å². The molecule has 2 nitrogen and oxygen atoms in total. The van der Waals surface area contributed by atoms with Gasteiger partial charge in [0.25, 0.3) is 0 Å². The van der Waals surface area contributed by atoms with Crippen LogP contribution < -0.4 is 0 Å². The van der Waals surface area contributed by atoms with Gasteiger partial charge in [-0.1, -0.05) is 11.6 Å². The van der Waals surface area contributed by atoms with Crippen molar-refractivity contribution in [2.75, 3.05) is 0 Å². The first kappa shape index (κ1) is 11.1. The summed E-state index contributed by atoms with van der Waals surface area (Å²) in [6.07, 6.45) is 0.557. The van der Waals surface area contributed by atoms with E-state index in [9.17, 15) is 5.11 Å². The van der Waals surface area contributed by atoms with Crippen molar-refractivity contribution < 1.29 is 9.52 Å². The minimum Gasteiger partial charge on any atom is -0.508 e. The predicted octanol–water partition coefficient (Wildman–Crippen LogP) is 3.85. The quantitative estimate of drug-likeness (QED) is 0.859. The summed E-state index contributed by atoms with van der Waals surface area (Å²) < 4.78 is 5.56. The molecule has 84 valence electrons. The maximum atomic E-state index is 9.67. The smallest absolute Gasteiger partial charge is 0.119 e. The van der Waals surface area contributed by atoms with Crippen LogP contribution in [0.25, 0.3) is 0 Å². The molecule has 0 bridgehead atoms. The fraction of sp³-hybridized carbons (Fsp3) is 0.231. The van der Waals surface area contributed by atoms with Gasteiger partial charge in [-0.2, -0.15) is 0 Å². The zero-order chi connectivity index (χ0) is 11.7. The van der Waals surface area contributed by atoms with Crippen LogP contribution in [0.5, 0.6) is 5.75 Å². The van der Waals surface area contributed by atoms with Gasteiger partial charge in [0.15, 0.2) is 0 Å². The number of aromatic hydroxyl groups is 1. The molecule has 0 spiro atoms. The van der Waals surface area contributed by atoms with Crippen LogP contribution in [0.3, 0.4) is 0 Å². The number of aryl methyl sites for hydroxylation is 2. The molecule has 2 rings (SSSR count). The van der Waals surface area contributed by atoms with Gasteiger partial charge in [0.05, 0.1) is 0 Å². The van der Waals surface area contributed by atoms with E-state index in [1.807, 2.05) is 19.9 Å². The topological polar surface area (TPSA) is 33.4 Å². The van der Waals surface area contributed by atoms with Gasteiger partial charge < -0.3 is 9.52 Å². The molecule has 0 amide bonds. The fourth-order valence-electron chi connectivity index (χ4n) is 1.62. The third kappa shape index (κ3) is 2.22. The Morgan fingerprint density at radius 3 is 2.62 bits per heavy atom. The molecule has 0 aliphatic heterocycles. The van der Waals surface area contributed by atoms with Gasteiger partial charge in [-0.3, -0.25) is 0 Å². The van der Waals surface area contributed by atoms with Crippen LogP contribution in [0.15, 0.2) is 28.7 Å². The van der Waals surface area contributed by atoms with Crippen molar-refractivity contribution in [1.29, 1.82) is 0 Å². The summed E-state index contributed by atoms with van der Waals surface area (Å²) in [7, 11) is 0. The van der Waals surface area contributed by atoms with E-state index in [0.717, 1.165) is 22.6 Å². The Hall–Kier alpha value is -1.41. The van der Waals surface area contributed by atoms with Crippen LogP contribution in [-0.2, 0) is 6.42 Å². The summed E-state index contributed by atoms with van der Waals surface area (Å²) in [5.41, 5.74) is 1.90. The second kappa shape index (κ2) is 4.22. The first-order chi connectivity index (χ1) is 7.56. The van der Waals surface area contributed by atoms with E-state index in [1.54, 1.807) is 18.2 Å². The molecule has 1 heterocycles. The number of furan rings is 1. The monoisotopic (exact) mass is 236 g/mol. The van der Waals surface area contributed by atoms with E-state index in [1.165, 1.54) is 0 Å². The van der Waals surface area contributed by atoms with Gasteiger partial charge in [-0.25, -0.2) is 0 Å². The van der Waals surface area contributed by atoms with E-state index >= 15 is 0 Å². The second-order valence-corrected chi connectivity index (χ2v) is 4.34. The first-order valence-corrected chi connectivity index (χ1v) is 5.47. The van der Waals surface area contributed by atoms with Crippen LogP contribution in [0.2, 0.25) is 5.02 Å². The molecule has 2 aromatic rings. The zero-order valence-corrected chi connectivity index (χ0v) is 10.0. The molecule has 0 aliphatic carbocycles. The number of benzene rings is 1. The molecule has 0 saturated heterocycles. The predicted molar refractivity (Wildman–Crippen MR) is 64.1 cm³/mol. The first-order valence-electron chi connectivity index (χ1n) is 5.09. The normalized spacial score (nSPS) is 10.7. The minimum absolute atomic E-state index is 0.246. The summed E-state index contributed by atoms with van der Waals surface area (Å²) in [5.74, 6) is 2.00. The standard InChI is InChI=1S/C13H13ClO2/c1-8-5-12(16-9(8)2)7-10-6-11(14)3-4-13(10)15/h3-6,15H,7H2,1-2H3. The van der Waals surface area contributed by atoms with E-state index in [-0.39, 0.29) is 5.75 Å². The van der Waals surface area contributed by atoms with Crippen LogP contribution in [-0.4, -0.2) is 5.11 Å². The van der Waals surface area contributed by atoms with Crippen molar-refractivity contribution in [1.82, 2.24) is 0 Å². The Labute approximate surface area is 99.5 Å². The largest absolute Gasteiger partial charge is 0.508 e. The Morgan fingerprint density at radius 1 is 1.25 bits per heavy atom. The third-order valence-electron chi connectivity index (χ3n) is 2.62. The molecule has 1 aromatic carbocycles. The lowest BCUT2D eigenvalue weighted by molar-refractivity contribution is 0.459. The fourth-order valence-corrected chi connectivity index (χ4v) is 1.81. The molecule has 0 unspecified atom stereocenters. The van der Waals surface area contributed by atoms with Crippen molar-refractivity contribution in [3.05, 3.63) is 51.9 Å². The van der Waals surface area contributed by atoms with Gasteiger partial charge in [-0.15, -0.1) is 0 Å². The molecular formula is C13H13ClO2. The van der Waals surface area contributed by atoms with Crippen molar-refractivity contribution in [2.24, 2.45) is 0 Å². The molecule has 1 N–H and O–H groups in total. The zero-order valence-electron chi connectivity index (χ0n) is 9.25. The summed E-state index contributed by atoms with van der Waals surface area (Å²) in [4.78, 5) is 0. The molecule has 16 heavy (non-hydrogen) atoms. The van der Waals surface area contributed by atoms with E-state index < -0.39 is 0 Å². The molecule has 0 fully saturated rings. The molecule has 0 aliphatic rings. The Kier molecular flexibility index (Phi) is 2.92. The van der Waals surface area contributed by atoms with Gasteiger partial charge >= 0.3 is 0 Å². The SMILES string of the molecule is Cc1cc(Cc2cc(Cl)ccc2O)oc1C. The van der Waals surface area contributed by atoms with Crippen molar-refractivity contribution in [3.8, 4) is 5.75 Å². The molecule has 3 heteroatoms. The Morgan fingerprint density at radius 2 is 2.00 bits per heavy atom. The Balaban J connectivity index is 2.29. The summed E-state index contributed by atoms with van der Waals surface area (Å²) >= 11 is 5.88. The summed E-state index contributed by atoms with van der Waals surface area (Å²) in [6.45, 7) is 3.93.